The molecule has 0 radical (unpaired) electrons. The SMILES string of the molecule is Cn1cc(CN2CCN(C(=O)CCn3cc(Br)c([N+](=O)[O-])n3)CC2)cn1. The average Bonchev–Trinajstić information content (AvgIpc) is 3.19. The van der Waals surface area contributed by atoms with Gasteiger partial charge in [0, 0.05) is 58.0 Å². The Balaban J connectivity index is 1.45. The van der Waals surface area contributed by atoms with Crippen molar-refractivity contribution in [2.24, 2.45) is 7.05 Å². The number of piperazine rings is 1. The molecule has 1 saturated heterocycles. The molecule has 0 bridgehead atoms. The van der Waals surface area contributed by atoms with Crippen LogP contribution >= 0.6 is 15.9 Å². The summed E-state index contributed by atoms with van der Waals surface area (Å²) in [5.41, 5.74) is 1.16. The number of hydrogen-bond donors (Lipinski definition) is 0. The van der Waals surface area contributed by atoms with Crippen LogP contribution in [-0.2, 0) is 24.9 Å². The summed E-state index contributed by atoms with van der Waals surface area (Å²) in [5.74, 6) is -0.193. The van der Waals surface area contributed by atoms with Crippen LogP contribution in [0.4, 0.5) is 5.82 Å². The molecule has 0 N–H and O–H groups in total. The summed E-state index contributed by atoms with van der Waals surface area (Å²) in [7, 11) is 1.90. The first kappa shape index (κ1) is 18.5. The van der Waals surface area contributed by atoms with Crippen LogP contribution in [0.3, 0.4) is 0 Å². The fraction of sp³-hybridized carbons (Fsp3) is 0.533. The third kappa shape index (κ3) is 4.47. The Morgan fingerprint density at radius 1 is 1.31 bits per heavy atom. The molecular weight excluding hydrogens is 406 g/mol. The van der Waals surface area contributed by atoms with Crippen LogP contribution in [0.2, 0.25) is 0 Å². The predicted octanol–water partition coefficient (Wildman–Crippen LogP) is 1.02. The summed E-state index contributed by atoms with van der Waals surface area (Å²) in [6.07, 6.45) is 5.66. The van der Waals surface area contributed by atoms with Gasteiger partial charge in [0.25, 0.3) is 0 Å². The van der Waals surface area contributed by atoms with Gasteiger partial charge >= 0.3 is 5.82 Å². The lowest BCUT2D eigenvalue weighted by Crippen LogP contribution is -2.48. The van der Waals surface area contributed by atoms with E-state index < -0.39 is 4.92 Å². The fourth-order valence-electron chi connectivity index (χ4n) is 2.96. The second kappa shape index (κ2) is 7.96. The summed E-state index contributed by atoms with van der Waals surface area (Å²) >= 11 is 3.10. The van der Waals surface area contributed by atoms with Crippen molar-refractivity contribution in [3.8, 4) is 0 Å². The highest BCUT2D eigenvalue weighted by molar-refractivity contribution is 9.10. The number of carbonyl (C=O) groups excluding carboxylic acids is 1. The van der Waals surface area contributed by atoms with E-state index in [9.17, 15) is 14.9 Å². The Morgan fingerprint density at radius 3 is 2.62 bits per heavy atom. The second-order valence-corrected chi connectivity index (χ2v) is 7.10. The van der Waals surface area contributed by atoms with E-state index in [4.69, 9.17) is 0 Å². The quantitative estimate of drug-likeness (QED) is 0.505. The molecule has 10 nitrogen and oxygen atoms in total. The molecular formula is C15H20BrN7O3. The number of aryl methyl sites for hydroxylation is 2. The highest BCUT2D eigenvalue weighted by atomic mass is 79.9. The lowest BCUT2D eigenvalue weighted by molar-refractivity contribution is -0.390. The second-order valence-electron chi connectivity index (χ2n) is 6.25. The minimum Gasteiger partial charge on any atom is -0.358 e. The van der Waals surface area contributed by atoms with E-state index in [0.717, 1.165) is 25.2 Å². The number of nitro groups is 1. The molecule has 0 aromatic carbocycles. The summed E-state index contributed by atoms with van der Waals surface area (Å²) in [5, 5.41) is 18.8. The largest absolute Gasteiger partial charge is 0.404 e. The molecule has 2 aromatic heterocycles. The van der Waals surface area contributed by atoms with Gasteiger partial charge in [-0.25, -0.2) is 0 Å². The summed E-state index contributed by atoms with van der Waals surface area (Å²) in [6, 6.07) is 0. The highest BCUT2D eigenvalue weighted by Crippen LogP contribution is 2.22. The van der Waals surface area contributed by atoms with E-state index >= 15 is 0 Å². The van der Waals surface area contributed by atoms with E-state index in [1.807, 2.05) is 24.3 Å². The Bertz CT molecular complexity index is 795. The van der Waals surface area contributed by atoms with Gasteiger partial charge in [-0.15, -0.1) is 0 Å². The van der Waals surface area contributed by atoms with E-state index in [2.05, 4.69) is 31.0 Å². The average molecular weight is 426 g/mol. The number of halogens is 1. The van der Waals surface area contributed by atoms with Gasteiger partial charge < -0.3 is 15.0 Å². The molecule has 1 fully saturated rings. The standard InChI is InChI=1S/C15H20BrN7O3/c1-19-9-12(8-17-19)10-20-4-6-21(7-5-20)14(24)2-3-22-11-13(16)15(18-22)23(25)26/h8-9,11H,2-7,10H2,1H3. The topological polar surface area (TPSA) is 102 Å². The summed E-state index contributed by atoms with van der Waals surface area (Å²) in [6.45, 7) is 4.16. The van der Waals surface area contributed by atoms with Crippen LogP contribution in [0.1, 0.15) is 12.0 Å². The van der Waals surface area contributed by atoms with Crippen LogP contribution < -0.4 is 0 Å². The number of rotatable bonds is 6. The number of aromatic nitrogens is 4. The molecule has 2 aromatic rings. The summed E-state index contributed by atoms with van der Waals surface area (Å²) in [4.78, 5) is 26.8. The molecule has 0 aliphatic carbocycles. The molecule has 0 spiro atoms. The lowest BCUT2D eigenvalue weighted by Gasteiger charge is -2.34. The first-order chi connectivity index (χ1) is 12.4. The van der Waals surface area contributed by atoms with Gasteiger partial charge in [0.15, 0.2) is 0 Å². The van der Waals surface area contributed by atoms with Gasteiger partial charge in [0.2, 0.25) is 5.91 Å². The van der Waals surface area contributed by atoms with Crippen LogP contribution in [0, 0.1) is 10.1 Å². The number of nitrogens with zero attached hydrogens (tertiary/aromatic N) is 7. The molecule has 3 heterocycles. The minimum atomic E-state index is -0.552. The van der Waals surface area contributed by atoms with Crippen molar-refractivity contribution in [1.29, 1.82) is 0 Å². The van der Waals surface area contributed by atoms with Crippen molar-refractivity contribution >= 4 is 27.7 Å². The Hall–Kier alpha value is -2.27. The van der Waals surface area contributed by atoms with Crippen LogP contribution in [0.5, 0.6) is 0 Å². The van der Waals surface area contributed by atoms with Crippen molar-refractivity contribution in [1.82, 2.24) is 29.4 Å². The molecule has 1 aliphatic heterocycles. The van der Waals surface area contributed by atoms with Crippen molar-refractivity contribution in [2.75, 3.05) is 26.2 Å². The smallest absolute Gasteiger partial charge is 0.358 e. The zero-order chi connectivity index (χ0) is 18.7. The third-order valence-corrected chi connectivity index (χ3v) is 4.88. The highest BCUT2D eigenvalue weighted by Gasteiger charge is 2.23. The normalized spacial score (nSPS) is 15.4. The monoisotopic (exact) mass is 425 g/mol. The number of carbonyl (C=O) groups is 1. The minimum absolute atomic E-state index is 0.0419. The van der Waals surface area contributed by atoms with Crippen molar-refractivity contribution in [3.63, 3.8) is 0 Å². The third-order valence-electron chi connectivity index (χ3n) is 4.32. The number of amides is 1. The molecule has 0 atom stereocenters. The molecule has 0 unspecified atom stereocenters. The van der Waals surface area contributed by atoms with Gasteiger partial charge in [0.1, 0.15) is 4.47 Å². The van der Waals surface area contributed by atoms with E-state index in [0.29, 0.717) is 24.1 Å². The van der Waals surface area contributed by atoms with Crippen molar-refractivity contribution < 1.29 is 9.72 Å². The molecule has 140 valence electrons. The van der Waals surface area contributed by atoms with Gasteiger partial charge in [-0.1, -0.05) is 0 Å². The molecule has 0 saturated carbocycles. The molecule has 11 heteroatoms. The Morgan fingerprint density at radius 2 is 2.04 bits per heavy atom. The van der Waals surface area contributed by atoms with Crippen molar-refractivity contribution in [3.05, 3.63) is 38.7 Å². The number of hydrogen-bond acceptors (Lipinski definition) is 6. The maximum atomic E-state index is 12.4. The molecule has 3 rings (SSSR count). The predicted molar refractivity (Wildman–Crippen MR) is 96.3 cm³/mol. The van der Waals surface area contributed by atoms with Gasteiger partial charge in [-0.2, -0.15) is 9.78 Å². The molecule has 1 amide bonds. The van der Waals surface area contributed by atoms with Gasteiger partial charge in [-0.3, -0.25) is 14.4 Å². The lowest BCUT2D eigenvalue weighted by atomic mass is 10.2. The maximum Gasteiger partial charge on any atom is 0.404 e. The molecule has 26 heavy (non-hydrogen) atoms. The Labute approximate surface area is 158 Å². The first-order valence-corrected chi connectivity index (χ1v) is 9.06. The summed E-state index contributed by atoms with van der Waals surface area (Å²) < 4.78 is 3.53. The van der Waals surface area contributed by atoms with Crippen LogP contribution in [0.15, 0.2) is 23.1 Å². The fourth-order valence-corrected chi connectivity index (χ4v) is 3.42. The first-order valence-electron chi connectivity index (χ1n) is 8.27. The van der Waals surface area contributed by atoms with Crippen LogP contribution in [0.25, 0.3) is 0 Å². The maximum absolute atomic E-state index is 12.4. The van der Waals surface area contributed by atoms with Crippen LogP contribution in [-0.4, -0.2) is 66.4 Å². The van der Waals surface area contributed by atoms with Gasteiger partial charge in [-0.05, 0) is 20.9 Å². The van der Waals surface area contributed by atoms with E-state index in [1.165, 1.54) is 10.9 Å². The van der Waals surface area contributed by atoms with Crippen molar-refractivity contribution in [2.45, 2.75) is 19.5 Å². The van der Waals surface area contributed by atoms with Gasteiger partial charge in [0.05, 0.1) is 24.0 Å². The van der Waals surface area contributed by atoms with E-state index in [1.54, 1.807) is 4.68 Å². The zero-order valence-electron chi connectivity index (χ0n) is 14.4. The Kier molecular flexibility index (Phi) is 5.67. The zero-order valence-corrected chi connectivity index (χ0v) is 16.0. The van der Waals surface area contributed by atoms with E-state index in [-0.39, 0.29) is 18.1 Å². The molecule has 1 aliphatic rings.